The molecule has 0 aromatic heterocycles. The van der Waals surface area contributed by atoms with Crippen LogP contribution in [0.25, 0.3) is 0 Å². The highest BCUT2D eigenvalue weighted by molar-refractivity contribution is 6.31. The molecular formula is C18H30ClNO. The Kier molecular flexibility index (Phi) is 10.4. The Morgan fingerprint density at radius 2 is 1.48 bits per heavy atom. The van der Waals surface area contributed by atoms with Crippen LogP contribution in [0.4, 0.5) is 0 Å². The van der Waals surface area contributed by atoms with Crippen LogP contribution in [0.15, 0.2) is 18.2 Å². The van der Waals surface area contributed by atoms with Gasteiger partial charge in [0, 0.05) is 5.02 Å². The predicted octanol–water partition coefficient (Wildman–Crippen LogP) is 5.36. The molecule has 120 valence electrons. The third-order valence-corrected chi connectivity index (χ3v) is 4.27. The van der Waals surface area contributed by atoms with Gasteiger partial charge in [0.1, 0.15) is 5.75 Å². The number of nitrogens with two attached hydrogens (primary N) is 1. The molecule has 1 rings (SSSR count). The number of benzene rings is 1. The Hall–Kier alpha value is -0.730. The van der Waals surface area contributed by atoms with Crippen LogP contribution in [0.3, 0.4) is 0 Å². The molecule has 0 saturated carbocycles. The second kappa shape index (κ2) is 11.9. The SMILES string of the molecule is COc1ccc(Cl)c(CCCCCCCCCCCN)c1. The van der Waals surface area contributed by atoms with Crippen molar-refractivity contribution in [3.8, 4) is 5.75 Å². The molecule has 1 aromatic rings. The molecule has 0 aliphatic heterocycles. The van der Waals surface area contributed by atoms with Gasteiger partial charge in [0.15, 0.2) is 0 Å². The number of hydrogen-bond donors (Lipinski definition) is 1. The van der Waals surface area contributed by atoms with Crippen molar-refractivity contribution < 1.29 is 4.74 Å². The third-order valence-electron chi connectivity index (χ3n) is 3.90. The maximum atomic E-state index is 6.21. The van der Waals surface area contributed by atoms with E-state index in [0.29, 0.717) is 0 Å². The molecule has 0 saturated heterocycles. The Labute approximate surface area is 135 Å². The van der Waals surface area contributed by atoms with Crippen LogP contribution in [0.5, 0.6) is 5.75 Å². The van der Waals surface area contributed by atoms with E-state index in [2.05, 4.69) is 6.07 Å². The van der Waals surface area contributed by atoms with Gasteiger partial charge in [0.25, 0.3) is 0 Å². The van der Waals surface area contributed by atoms with Gasteiger partial charge in [-0.25, -0.2) is 0 Å². The normalized spacial score (nSPS) is 10.8. The fourth-order valence-corrected chi connectivity index (χ4v) is 2.78. The largest absolute Gasteiger partial charge is 0.497 e. The summed E-state index contributed by atoms with van der Waals surface area (Å²) in [5.41, 5.74) is 6.69. The maximum absolute atomic E-state index is 6.21. The summed E-state index contributed by atoms with van der Waals surface area (Å²) in [5.74, 6) is 0.895. The Bertz CT molecular complexity index is 381. The topological polar surface area (TPSA) is 35.2 Å². The van der Waals surface area contributed by atoms with Gasteiger partial charge in [-0.3, -0.25) is 0 Å². The molecule has 0 amide bonds. The molecule has 0 heterocycles. The first-order valence-electron chi connectivity index (χ1n) is 8.30. The Balaban J connectivity index is 2.04. The smallest absolute Gasteiger partial charge is 0.119 e. The molecule has 0 aliphatic carbocycles. The lowest BCUT2D eigenvalue weighted by molar-refractivity contribution is 0.414. The summed E-state index contributed by atoms with van der Waals surface area (Å²) in [5, 5.41) is 0.857. The van der Waals surface area contributed by atoms with Crippen molar-refractivity contribution in [1.82, 2.24) is 0 Å². The van der Waals surface area contributed by atoms with Crippen LogP contribution in [0, 0.1) is 0 Å². The highest BCUT2D eigenvalue weighted by Gasteiger charge is 2.02. The van der Waals surface area contributed by atoms with Gasteiger partial charge in [-0.2, -0.15) is 0 Å². The molecule has 0 aliphatic rings. The number of hydrogen-bond acceptors (Lipinski definition) is 2. The maximum Gasteiger partial charge on any atom is 0.119 e. The van der Waals surface area contributed by atoms with Crippen LogP contribution in [-0.2, 0) is 6.42 Å². The van der Waals surface area contributed by atoms with Gasteiger partial charge in [-0.1, -0.05) is 56.5 Å². The first-order valence-corrected chi connectivity index (χ1v) is 8.68. The number of unbranched alkanes of at least 4 members (excludes halogenated alkanes) is 8. The number of methoxy groups -OCH3 is 1. The van der Waals surface area contributed by atoms with Gasteiger partial charge in [0.05, 0.1) is 7.11 Å². The van der Waals surface area contributed by atoms with Crippen LogP contribution in [-0.4, -0.2) is 13.7 Å². The molecule has 0 atom stereocenters. The third kappa shape index (κ3) is 8.33. The van der Waals surface area contributed by atoms with E-state index < -0.39 is 0 Å². The molecule has 2 N–H and O–H groups in total. The highest BCUT2D eigenvalue weighted by atomic mass is 35.5. The van der Waals surface area contributed by atoms with Crippen LogP contribution in [0.1, 0.15) is 63.4 Å². The lowest BCUT2D eigenvalue weighted by Gasteiger charge is -2.07. The molecule has 21 heavy (non-hydrogen) atoms. The quantitative estimate of drug-likeness (QED) is 0.527. The number of rotatable bonds is 12. The lowest BCUT2D eigenvalue weighted by atomic mass is 10.0. The molecular weight excluding hydrogens is 282 g/mol. The Morgan fingerprint density at radius 1 is 0.905 bits per heavy atom. The van der Waals surface area contributed by atoms with Crippen molar-refractivity contribution in [3.63, 3.8) is 0 Å². The van der Waals surface area contributed by atoms with Crippen LogP contribution >= 0.6 is 11.6 Å². The fourth-order valence-electron chi connectivity index (χ4n) is 2.57. The van der Waals surface area contributed by atoms with E-state index in [4.69, 9.17) is 22.1 Å². The van der Waals surface area contributed by atoms with E-state index >= 15 is 0 Å². The molecule has 2 nitrogen and oxygen atoms in total. The number of halogens is 1. The minimum Gasteiger partial charge on any atom is -0.497 e. The summed E-state index contributed by atoms with van der Waals surface area (Å²) in [6, 6.07) is 5.90. The average Bonchev–Trinajstić information content (AvgIpc) is 2.51. The summed E-state index contributed by atoms with van der Waals surface area (Å²) in [7, 11) is 1.69. The van der Waals surface area contributed by atoms with Gasteiger partial charge in [0.2, 0.25) is 0 Å². The van der Waals surface area contributed by atoms with Crippen molar-refractivity contribution >= 4 is 11.6 Å². The van der Waals surface area contributed by atoms with Crippen molar-refractivity contribution in [2.75, 3.05) is 13.7 Å². The van der Waals surface area contributed by atoms with Crippen molar-refractivity contribution in [3.05, 3.63) is 28.8 Å². The van der Waals surface area contributed by atoms with Gasteiger partial charge < -0.3 is 10.5 Å². The molecule has 0 fully saturated rings. The molecule has 0 radical (unpaired) electrons. The van der Waals surface area contributed by atoms with Crippen molar-refractivity contribution in [1.29, 1.82) is 0 Å². The zero-order valence-corrected chi connectivity index (χ0v) is 14.1. The second-order valence-corrected chi connectivity index (χ2v) is 6.09. The van der Waals surface area contributed by atoms with Gasteiger partial charge in [-0.05, 0) is 49.6 Å². The highest BCUT2D eigenvalue weighted by Crippen LogP contribution is 2.24. The van der Waals surface area contributed by atoms with Gasteiger partial charge >= 0.3 is 0 Å². The fraction of sp³-hybridized carbons (Fsp3) is 0.667. The molecule has 3 heteroatoms. The summed E-state index contributed by atoms with van der Waals surface area (Å²) in [6.07, 6.45) is 12.8. The number of ether oxygens (including phenoxy) is 1. The molecule has 0 unspecified atom stereocenters. The van der Waals surface area contributed by atoms with Crippen LogP contribution in [0.2, 0.25) is 5.02 Å². The Morgan fingerprint density at radius 3 is 2.05 bits per heavy atom. The average molecular weight is 312 g/mol. The van der Waals surface area contributed by atoms with Crippen molar-refractivity contribution in [2.24, 2.45) is 5.73 Å². The predicted molar refractivity (Wildman–Crippen MR) is 92.3 cm³/mol. The van der Waals surface area contributed by atoms with E-state index in [1.807, 2.05) is 12.1 Å². The zero-order valence-electron chi connectivity index (χ0n) is 13.4. The van der Waals surface area contributed by atoms with Crippen LogP contribution < -0.4 is 10.5 Å². The summed E-state index contributed by atoms with van der Waals surface area (Å²) >= 11 is 6.21. The second-order valence-electron chi connectivity index (χ2n) is 5.68. The van der Waals surface area contributed by atoms with E-state index in [1.54, 1.807) is 7.11 Å². The summed E-state index contributed by atoms with van der Waals surface area (Å²) in [6.45, 7) is 0.840. The van der Waals surface area contributed by atoms with E-state index in [9.17, 15) is 0 Å². The minimum absolute atomic E-state index is 0.840. The lowest BCUT2D eigenvalue weighted by Crippen LogP contribution is -1.97. The first-order chi connectivity index (χ1) is 10.3. The summed E-state index contributed by atoms with van der Waals surface area (Å²) < 4.78 is 5.24. The summed E-state index contributed by atoms with van der Waals surface area (Å²) in [4.78, 5) is 0. The van der Waals surface area contributed by atoms with Gasteiger partial charge in [-0.15, -0.1) is 0 Å². The zero-order chi connectivity index (χ0) is 15.3. The van der Waals surface area contributed by atoms with E-state index in [0.717, 1.165) is 23.7 Å². The molecule has 0 spiro atoms. The number of aryl methyl sites for hydroxylation is 1. The molecule has 0 bridgehead atoms. The monoisotopic (exact) mass is 311 g/mol. The minimum atomic E-state index is 0.840. The van der Waals surface area contributed by atoms with E-state index in [1.165, 1.54) is 63.4 Å². The first kappa shape index (κ1) is 18.3. The molecule has 1 aromatic carbocycles. The standard InChI is InChI=1S/C18H30ClNO/c1-21-17-12-13-18(19)16(15-17)11-9-7-5-3-2-4-6-8-10-14-20/h12-13,15H,2-11,14,20H2,1H3. The van der Waals surface area contributed by atoms with Crippen molar-refractivity contribution in [2.45, 2.75) is 64.2 Å². The van der Waals surface area contributed by atoms with E-state index in [-0.39, 0.29) is 0 Å².